The van der Waals surface area contributed by atoms with E-state index in [0.29, 0.717) is 0 Å². The van der Waals surface area contributed by atoms with Gasteiger partial charge in [-0.05, 0) is 37.8 Å². The van der Waals surface area contributed by atoms with E-state index in [0.717, 1.165) is 12.8 Å². The van der Waals surface area contributed by atoms with E-state index < -0.39 is 5.41 Å². The lowest BCUT2D eigenvalue weighted by Crippen LogP contribution is -2.31. The van der Waals surface area contributed by atoms with E-state index in [-0.39, 0.29) is 11.9 Å². The van der Waals surface area contributed by atoms with Gasteiger partial charge in [0.2, 0.25) is 0 Å². The molecule has 0 spiro atoms. The molecular formula is C14H18O2. The molecule has 0 radical (unpaired) electrons. The number of aryl methyl sites for hydroxylation is 1. The Kier molecular flexibility index (Phi) is 2.75. The molecule has 86 valence electrons. The fraction of sp³-hybridized carbons (Fsp3) is 0.500. The number of esters is 1. The van der Waals surface area contributed by atoms with Crippen molar-refractivity contribution in [3.63, 3.8) is 0 Å². The molecule has 1 aromatic carbocycles. The molecule has 0 fully saturated rings. The minimum absolute atomic E-state index is 0.116. The van der Waals surface area contributed by atoms with Crippen LogP contribution in [0.5, 0.6) is 0 Å². The van der Waals surface area contributed by atoms with Crippen LogP contribution in [0, 0.1) is 5.41 Å². The Labute approximate surface area is 96.6 Å². The number of hydrogen-bond acceptors (Lipinski definition) is 2. The Bertz CT molecular complexity index is 407. The predicted molar refractivity (Wildman–Crippen MR) is 63.3 cm³/mol. The molecule has 2 nitrogen and oxygen atoms in total. The maximum atomic E-state index is 11.8. The van der Waals surface area contributed by atoms with E-state index in [1.165, 1.54) is 18.2 Å². The van der Waals surface area contributed by atoms with Crippen molar-refractivity contribution in [3.05, 3.63) is 35.4 Å². The van der Waals surface area contributed by atoms with E-state index in [9.17, 15) is 4.79 Å². The molecule has 0 saturated heterocycles. The molecule has 0 bridgehead atoms. The largest absolute Gasteiger partial charge is 0.469 e. The van der Waals surface area contributed by atoms with Crippen molar-refractivity contribution in [2.24, 2.45) is 5.41 Å². The standard InChI is InChI=1S/C14H18O2/c1-14(2,13(15)16-3)12-9-8-10-6-4-5-7-11(10)12/h4-7,12H,8-9H2,1-3H3. The van der Waals surface area contributed by atoms with Gasteiger partial charge >= 0.3 is 5.97 Å². The normalized spacial score (nSPS) is 19.3. The van der Waals surface area contributed by atoms with Crippen molar-refractivity contribution in [2.45, 2.75) is 32.6 Å². The van der Waals surface area contributed by atoms with Crippen molar-refractivity contribution in [1.29, 1.82) is 0 Å². The summed E-state index contributed by atoms with van der Waals surface area (Å²) >= 11 is 0. The number of ether oxygens (including phenoxy) is 1. The highest BCUT2D eigenvalue weighted by Gasteiger charge is 2.41. The van der Waals surface area contributed by atoms with Crippen LogP contribution in [0.2, 0.25) is 0 Å². The predicted octanol–water partition coefficient (Wildman–Crippen LogP) is 2.92. The number of hydrogen-bond donors (Lipinski definition) is 0. The van der Waals surface area contributed by atoms with Crippen LogP contribution < -0.4 is 0 Å². The van der Waals surface area contributed by atoms with Gasteiger partial charge in [0.1, 0.15) is 0 Å². The summed E-state index contributed by atoms with van der Waals surface area (Å²) in [7, 11) is 1.46. The number of methoxy groups -OCH3 is 1. The van der Waals surface area contributed by atoms with Gasteiger partial charge in [0.25, 0.3) is 0 Å². The zero-order valence-electron chi connectivity index (χ0n) is 10.1. The minimum Gasteiger partial charge on any atom is -0.469 e. The van der Waals surface area contributed by atoms with Crippen molar-refractivity contribution in [3.8, 4) is 0 Å². The second-order valence-corrected chi connectivity index (χ2v) is 5.00. The third-order valence-electron chi connectivity index (χ3n) is 3.72. The van der Waals surface area contributed by atoms with Crippen LogP contribution in [-0.4, -0.2) is 13.1 Å². The molecule has 2 heteroatoms. The molecule has 0 aromatic heterocycles. The Balaban J connectivity index is 2.35. The summed E-state index contributed by atoms with van der Waals surface area (Å²) < 4.78 is 4.90. The number of rotatable bonds is 2. The fourth-order valence-electron chi connectivity index (χ4n) is 2.71. The second kappa shape index (κ2) is 3.93. The number of benzene rings is 1. The smallest absolute Gasteiger partial charge is 0.311 e. The van der Waals surface area contributed by atoms with Gasteiger partial charge in [0, 0.05) is 5.92 Å². The van der Waals surface area contributed by atoms with E-state index in [1.54, 1.807) is 0 Å². The van der Waals surface area contributed by atoms with E-state index in [1.807, 2.05) is 19.9 Å². The zero-order valence-corrected chi connectivity index (χ0v) is 10.1. The summed E-state index contributed by atoms with van der Waals surface area (Å²) in [6.07, 6.45) is 2.11. The topological polar surface area (TPSA) is 26.3 Å². The molecule has 16 heavy (non-hydrogen) atoms. The first-order valence-electron chi connectivity index (χ1n) is 5.73. The minimum atomic E-state index is -0.429. The Morgan fingerprint density at radius 1 is 1.38 bits per heavy atom. The van der Waals surface area contributed by atoms with Crippen LogP contribution in [0.15, 0.2) is 24.3 Å². The van der Waals surface area contributed by atoms with Crippen molar-refractivity contribution < 1.29 is 9.53 Å². The van der Waals surface area contributed by atoms with E-state index >= 15 is 0 Å². The van der Waals surface area contributed by atoms with Gasteiger partial charge in [-0.1, -0.05) is 24.3 Å². The number of fused-ring (bicyclic) bond motifs is 1. The van der Waals surface area contributed by atoms with Crippen LogP contribution in [0.1, 0.15) is 37.3 Å². The third-order valence-corrected chi connectivity index (χ3v) is 3.72. The summed E-state index contributed by atoms with van der Waals surface area (Å²) in [6, 6.07) is 8.40. The first kappa shape index (κ1) is 11.2. The van der Waals surface area contributed by atoms with Gasteiger partial charge < -0.3 is 4.74 Å². The quantitative estimate of drug-likeness (QED) is 0.713. The van der Waals surface area contributed by atoms with E-state index in [2.05, 4.69) is 18.2 Å². The molecule has 1 unspecified atom stereocenters. The molecule has 0 amide bonds. The third kappa shape index (κ3) is 1.62. The van der Waals surface area contributed by atoms with Crippen LogP contribution in [0.4, 0.5) is 0 Å². The van der Waals surface area contributed by atoms with Gasteiger partial charge in [-0.3, -0.25) is 4.79 Å². The summed E-state index contributed by atoms with van der Waals surface area (Å²) in [4.78, 5) is 11.8. The Morgan fingerprint density at radius 2 is 2.06 bits per heavy atom. The SMILES string of the molecule is COC(=O)C(C)(C)C1CCc2ccccc21. The number of carbonyl (C=O) groups excluding carboxylic acids is 1. The van der Waals surface area contributed by atoms with Crippen LogP contribution in [-0.2, 0) is 16.0 Å². The highest BCUT2D eigenvalue weighted by molar-refractivity contribution is 5.77. The lowest BCUT2D eigenvalue weighted by molar-refractivity contribution is -0.152. The summed E-state index contributed by atoms with van der Waals surface area (Å²) in [6.45, 7) is 3.96. The van der Waals surface area contributed by atoms with Crippen molar-refractivity contribution >= 4 is 5.97 Å². The average Bonchev–Trinajstić information content (AvgIpc) is 2.72. The first-order valence-corrected chi connectivity index (χ1v) is 5.73. The summed E-state index contributed by atoms with van der Waals surface area (Å²) in [5.74, 6) is 0.172. The fourth-order valence-corrected chi connectivity index (χ4v) is 2.71. The van der Waals surface area contributed by atoms with Crippen LogP contribution in [0.25, 0.3) is 0 Å². The maximum absolute atomic E-state index is 11.8. The molecule has 2 rings (SSSR count). The molecule has 0 aliphatic heterocycles. The molecule has 1 atom stereocenters. The molecule has 1 aromatic rings. The van der Waals surface area contributed by atoms with Gasteiger partial charge in [0.05, 0.1) is 12.5 Å². The van der Waals surface area contributed by atoms with Crippen molar-refractivity contribution in [2.75, 3.05) is 7.11 Å². The summed E-state index contributed by atoms with van der Waals surface area (Å²) in [5.41, 5.74) is 2.27. The lowest BCUT2D eigenvalue weighted by atomic mass is 9.75. The zero-order chi connectivity index (χ0) is 11.8. The first-order chi connectivity index (χ1) is 7.57. The molecule has 0 N–H and O–H groups in total. The van der Waals surface area contributed by atoms with Crippen LogP contribution in [0.3, 0.4) is 0 Å². The highest BCUT2D eigenvalue weighted by Crippen LogP contribution is 2.45. The van der Waals surface area contributed by atoms with Gasteiger partial charge in [-0.15, -0.1) is 0 Å². The number of carbonyl (C=O) groups is 1. The summed E-state index contributed by atoms with van der Waals surface area (Å²) in [5, 5.41) is 0. The van der Waals surface area contributed by atoms with Crippen molar-refractivity contribution in [1.82, 2.24) is 0 Å². The van der Waals surface area contributed by atoms with E-state index in [4.69, 9.17) is 4.74 Å². The van der Waals surface area contributed by atoms with Gasteiger partial charge in [0.15, 0.2) is 0 Å². The molecule has 0 heterocycles. The monoisotopic (exact) mass is 218 g/mol. The maximum Gasteiger partial charge on any atom is 0.311 e. The molecule has 1 aliphatic carbocycles. The molecule has 0 saturated carbocycles. The van der Waals surface area contributed by atoms with Gasteiger partial charge in [-0.25, -0.2) is 0 Å². The molecule has 1 aliphatic rings. The Hall–Kier alpha value is -1.31. The Morgan fingerprint density at radius 3 is 2.75 bits per heavy atom. The lowest BCUT2D eigenvalue weighted by Gasteiger charge is -2.29. The second-order valence-electron chi connectivity index (χ2n) is 5.00. The molecular weight excluding hydrogens is 200 g/mol. The average molecular weight is 218 g/mol. The van der Waals surface area contributed by atoms with Gasteiger partial charge in [-0.2, -0.15) is 0 Å². The van der Waals surface area contributed by atoms with Crippen LogP contribution >= 0.6 is 0 Å². The highest BCUT2D eigenvalue weighted by atomic mass is 16.5.